The van der Waals surface area contributed by atoms with Gasteiger partial charge in [-0.1, -0.05) is 13.8 Å². The van der Waals surface area contributed by atoms with Crippen LogP contribution in [0.1, 0.15) is 37.4 Å². The molecule has 2 fully saturated rings. The molecule has 0 aliphatic carbocycles. The Kier molecular flexibility index (Phi) is 3.25. The summed E-state index contributed by atoms with van der Waals surface area (Å²) in [6, 6.07) is 5.16. The molecule has 0 aromatic carbocycles. The highest BCUT2D eigenvalue weighted by Gasteiger charge is 2.40. The predicted molar refractivity (Wildman–Crippen MR) is 79.8 cm³/mol. The molecular formula is C16H25N3. The summed E-state index contributed by atoms with van der Waals surface area (Å²) in [7, 11) is 2.24. The topological polar surface area (TPSA) is 19.4 Å². The van der Waals surface area contributed by atoms with Crippen LogP contribution in [0.25, 0.3) is 0 Å². The van der Waals surface area contributed by atoms with Crippen molar-refractivity contribution in [2.75, 3.05) is 31.6 Å². The standard InChI is InChI=1S/C16H25N3/c1-11(2)14-7-12(3)8-16(17-14)19-6-5-13-9-18(4)10-15(13)19/h7-8,11,13,15H,5-6,9-10H2,1-4H3/t13-,15-/m0/s1. The zero-order valence-corrected chi connectivity index (χ0v) is 12.6. The zero-order valence-electron chi connectivity index (χ0n) is 12.6. The van der Waals surface area contributed by atoms with Crippen molar-refractivity contribution >= 4 is 5.82 Å². The van der Waals surface area contributed by atoms with Gasteiger partial charge in [-0.05, 0) is 49.9 Å². The van der Waals surface area contributed by atoms with Crippen molar-refractivity contribution in [3.8, 4) is 0 Å². The van der Waals surface area contributed by atoms with Crippen LogP contribution in [0.15, 0.2) is 12.1 Å². The molecule has 3 heteroatoms. The van der Waals surface area contributed by atoms with Gasteiger partial charge in [-0.3, -0.25) is 0 Å². The number of pyridine rings is 1. The van der Waals surface area contributed by atoms with E-state index in [4.69, 9.17) is 4.98 Å². The molecule has 0 unspecified atom stereocenters. The highest BCUT2D eigenvalue weighted by molar-refractivity contribution is 5.46. The van der Waals surface area contributed by atoms with Crippen LogP contribution in [0.2, 0.25) is 0 Å². The van der Waals surface area contributed by atoms with E-state index in [-0.39, 0.29) is 0 Å². The molecule has 2 aliphatic rings. The first kappa shape index (κ1) is 12.9. The van der Waals surface area contributed by atoms with Gasteiger partial charge in [-0.25, -0.2) is 4.98 Å². The molecule has 2 aliphatic heterocycles. The van der Waals surface area contributed by atoms with Crippen LogP contribution in [0, 0.1) is 12.8 Å². The van der Waals surface area contributed by atoms with Gasteiger partial charge in [0, 0.05) is 31.4 Å². The molecule has 3 heterocycles. The maximum absolute atomic E-state index is 4.91. The van der Waals surface area contributed by atoms with Crippen molar-refractivity contribution in [1.82, 2.24) is 9.88 Å². The van der Waals surface area contributed by atoms with Crippen molar-refractivity contribution in [2.45, 2.75) is 39.2 Å². The molecule has 2 atom stereocenters. The normalized spacial score (nSPS) is 27.3. The van der Waals surface area contributed by atoms with Crippen LogP contribution in [0.3, 0.4) is 0 Å². The van der Waals surface area contributed by atoms with Gasteiger partial charge >= 0.3 is 0 Å². The molecule has 3 rings (SSSR count). The molecule has 0 N–H and O–H groups in total. The molecule has 0 spiro atoms. The predicted octanol–water partition coefficient (Wildman–Crippen LogP) is 2.65. The summed E-state index contributed by atoms with van der Waals surface area (Å²) in [5.41, 5.74) is 2.56. The lowest BCUT2D eigenvalue weighted by molar-refractivity contribution is 0.386. The lowest BCUT2D eigenvalue weighted by Crippen LogP contribution is -2.35. The summed E-state index contributed by atoms with van der Waals surface area (Å²) in [5, 5.41) is 0. The van der Waals surface area contributed by atoms with Gasteiger partial charge in [0.15, 0.2) is 0 Å². The molecule has 0 bridgehead atoms. The zero-order chi connectivity index (χ0) is 13.6. The largest absolute Gasteiger partial charge is 0.352 e. The Balaban J connectivity index is 1.90. The number of rotatable bonds is 2. The Morgan fingerprint density at radius 3 is 2.79 bits per heavy atom. The summed E-state index contributed by atoms with van der Waals surface area (Å²) >= 11 is 0. The van der Waals surface area contributed by atoms with Gasteiger partial charge in [-0.15, -0.1) is 0 Å². The lowest BCUT2D eigenvalue weighted by atomic mass is 10.0. The first-order chi connectivity index (χ1) is 9.04. The second-order valence-corrected chi connectivity index (χ2v) is 6.61. The second-order valence-electron chi connectivity index (χ2n) is 6.61. The number of anilines is 1. The average molecular weight is 259 g/mol. The molecule has 1 aromatic rings. The molecule has 0 amide bonds. The molecule has 0 saturated carbocycles. The van der Waals surface area contributed by atoms with Crippen LogP contribution in [0.5, 0.6) is 0 Å². The summed E-state index contributed by atoms with van der Waals surface area (Å²) in [6.45, 7) is 10.3. The van der Waals surface area contributed by atoms with Crippen molar-refractivity contribution in [3.63, 3.8) is 0 Å². The van der Waals surface area contributed by atoms with Gasteiger partial charge in [0.1, 0.15) is 5.82 Å². The molecular weight excluding hydrogens is 234 g/mol. The molecule has 3 nitrogen and oxygen atoms in total. The summed E-state index contributed by atoms with van der Waals surface area (Å²) in [4.78, 5) is 9.92. The molecule has 19 heavy (non-hydrogen) atoms. The third-order valence-electron chi connectivity index (χ3n) is 4.59. The van der Waals surface area contributed by atoms with Crippen LogP contribution < -0.4 is 4.90 Å². The lowest BCUT2D eigenvalue weighted by Gasteiger charge is -2.26. The molecule has 2 saturated heterocycles. The second kappa shape index (κ2) is 4.78. The third-order valence-corrected chi connectivity index (χ3v) is 4.59. The van der Waals surface area contributed by atoms with E-state index in [1.165, 1.54) is 43.1 Å². The fraction of sp³-hybridized carbons (Fsp3) is 0.688. The number of hydrogen-bond acceptors (Lipinski definition) is 3. The van der Waals surface area contributed by atoms with Crippen molar-refractivity contribution in [3.05, 3.63) is 23.4 Å². The van der Waals surface area contributed by atoms with Crippen LogP contribution in [-0.2, 0) is 0 Å². The Bertz CT molecular complexity index is 469. The van der Waals surface area contributed by atoms with Crippen molar-refractivity contribution in [2.24, 2.45) is 5.92 Å². The molecule has 104 valence electrons. The van der Waals surface area contributed by atoms with E-state index in [1.807, 2.05) is 0 Å². The van der Waals surface area contributed by atoms with E-state index in [0.29, 0.717) is 12.0 Å². The first-order valence-corrected chi connectivity index (χ1v) is 7.48. The maximum atomic E-state index is 4.91. The van der Waals surface area contributed by atoms with Crippen LogP contribution in [0.4, 0.5) is 5.82 Å². The minimum atomic E-state index is 0.503. The third kappa shape index (κ3) is 2.36. The monoisotopic (exact) mass is 259 g/mol. The number of likely N-dealkylation sites (tertiary alicyclic amines) is 1. The fourth-order valence-electron chi connectivity index (χ4n) is 3.58. The highest BCUT2D eigenvalue weighted by atomic mass is 15.3. The number of nitrogens with zero attached hydrogens (tertiary/aromatic N) is 3. The first-order valence-electron chi connectivity index (χ1n) is 7.48. The smallest absolute Gasteiger partial charge is 0.129 e. The van der Waals surface area contributed by atoms with Crippen molar-refractivity contribution < 1.29 is 0 Å². The maximum Gasteiger partial charge on any atom is 0.129 e. The average Bonchev–Trinajstić information content (AvgIpc) is 2.86. The fourth-order valence-corrected chi connectivity index (χ4v) is 3.58. The van der Waals surface area contributed by atoms with Gasteiger partial charge in [0.05, 0.1) is 0 Å². The van der Waals surface area contributed by atoms with E-state index in [9.17, 15) is 0 Å². The van der Waals surface area contributed by atoms with E-state index in [0.717, 1.165) is 5.92 Å². The van der Waals surface area contributed by atoms with E-state index in [2.05, 4.69) is 49.8 Å². The number of fused-ring (bicyclic) bond motifs is 1. The Hall–Kier alpha value is -1.09. The minimum absolute atomic E-state index is 0.503. The van der Waals surface area contributed by atoms with Gasteiger partial charge in [0.25, 0.3) is 0 Å². The quantitative estimate of drug-likeness (QED) is 0.814. The van der Waals surface area contributed by atoms with E-state index in [1.54, 1.807) is 0 Å². The minimum Gasteiger partial charge on any atom is -0.352 e. The van der Waals surface area contributed by atoms with Crippen molar-refractivity contribution in [1.29, 1.82) is 0 Å². The number of aromatic nitrogens is 1. The van der Waals surface area contributed by atoms with Crippen LogP contribution in [-0.4, -0.2) is 42.6 Å². The van der Waals surface area contributed by atoms with Crippen LogP contribution >= 0.6 is 0 Å². The van der Waals surface area contributed by atoms with Gasteiger partial charge < -0.3 is 9.80 Å². The summed E-state index contributed by atoms with van der Waals surface area (Å²) in [6.07, 6.45) is 1.32. The van der Waals surface area contributed by atoms with Gasteiger partial charge in [0.2, 0.25) is 0 Å². The Labute approximate surface area is 116 Å². The SMILES string of the molecule is Cc1cc(C(C)C)nc(N2CC[C@H]3CN(C)C[C@@H]32)c1. The molecule has 1 aromatic heterocycles. The number of likely N-dealkylation sites (N-methyl/N-ethyl adjacent to an activating group) is 1. The number of aryl methyl sites for hydroxylation is 1. The summed E-state index contributed by atoms with van der Waals surface area (Å²) < 4.78 is 0. The number of hydrogen-bond donors (Lipinski definition) is 0. The molecule has 0 radical (unpaired) electrons. The van der Waals surface area contributed by atoms with E-state index >= 15 is 0 Å². The Morgan fingerprint density at radius 2 is 2.05 bits per heavy atom. The van der Waals surface area contributed by atoms with E-state index < -0.39 is 0 Å². The van der Waals surface area contributed by atoms with Gasteiger partial charge in [-0.2, -0.15) is 0 Å². The highest BCUT2D eigenvalue weighted by Crippen LogP contribution is 2.34. The Morgan fingerprint density at radius 1 is 1.26 bits per heavy atom. The summed E-state index contributed by atoms with van der Waals surface area (Å²) in [5.74, 6) is 2.55.